The number of aromatic nitrogens is 2. The van der Waals surface area contributed by atoms with Gasteiger partial charge in [-0.1, -0.05) is 23.2 Å². The van der Waals surface area contributed by atoms with Crippen molar-refractivity contribution in [2.45, 2.75) is 13.0 Å². The van der Waals surface area contributed by atoms with Crippen molar-refractivity contribution in [3.8, 4) is 5.75 Å². The first kappa shape index (κ1) is 17.6. The topological polar surface area (TPSA) is 84.7 Å². The molecule has 1 aromatic carbocycles. The average molecular weight is 384 g/mol. The second-order valence-electron chi connectivity index (χ2n) is 5.62. The van der Waals surface area contributed by atoms with E-state index in [1.165, 1.54) is 22.8 Å². The van der Waals surface area contributed by atoms with E-state index in [2.05, 4.69) is 5.10 Å². The molecule has 0 bridgehead atoms. The molecule has 132 valence electrons. The molecule has 9 heteroatoms. The van der Waals surface area contributed by atoms with E-state index < -0.39 is 5.97 Å². The van der Waals surface area contributed by atoms with Gasteiger partial charge in [-0.15, -0.1) is 0 Å². The third kappa shape index (κ3) is 2.94. The number of hydrogen-bond acceptors (Lipinski definition) is 4. The third-order valence-corrected chi connectivity index (χ3v) is 4.78. The van der Waals surface area contributed by atoms with Crippen molar-refractivity contribution >= 4 is 35.1 Å². The summed E-state index contributed by atoms with van der Waals surface area (Å²) in [7, 11) is 2.98. The van der Waals surface area contributed by atoms with Crippen LogP contribution in [-0.2, 0) is 20.0 Å². The zero-order valence-corrected chi connectivity index (χ0v) is 15.1. The van der Waals surface area contributed by atoms with Gasteiger partial charge in [0.05, 0.1) is 29.4 Å². The molecule has 1 aromatic heterocycles. The van der Waals surface area contributed by atoms with Gasteiger partial charge in [0.25, 0.3) is 5.91 Å². The summed E-state index contributed by atoms with van der Waals surface area (Å²) in [5.74, 6) is -1.24. The van der Waals surface area contributed by atoms with Crippen molar-refractivity contribution < 1.29 is 19.4 Å². The van der Waals surface area contributed by atoms with E-state index in [1.807, 2.05) is 0 Å². The smallest absolute Gasteiger partial charge is 0.354 e. The Morgan fingerprint density at radius 2 is 1.96 bits per heavy atom. The number of fused-ring (bicyclic) bond motifs is 1. The molecule has 3 rings (SSSR count). The van der Waals surface area contributed by atoms with Gasteiger partial charge in [0.1, 0.15) is 5.56 Å². The van der Waals surface area contributed by atoms with Crippen molar-refractivity contribution in [3.05, 3.63) is 44.7 Å². The van der Waals surface area contributed by atoms with Gasteiger partial charge in [-0.3, -0.25) is 9.48 Å². The second-order valence-corrected chi connectivity index (χ2v) is 6.43. The quantitative estimate of drug-likeness (QED) is 0.880. The standard InChI is InChI=1S/C16H15Cl2N3O4/c1-20-13(16(23)24)8-7-21(6-5-11(8)19-20)15(22)12-9(17)3-4-10(18)14(12)25-2/h3-4H,5-7H2,1-2H3,(H,23,24). The van der Waals surface area contributed by atoms with Gasteiger partial charge in [0.15, 0.2) is 11.4 Å². The van der Waals surface area contributed by atoms with E-state index >= 15 is 0 Å². The Morgan fingerprint density at radius 1 is 1.28 bits per heavy atom. The minimum absolute atomic E-state index is 0.0802. The van der Waals surface area contributed by atoms with Crippen LogP contribution in [0.25, 0.3) is 0 Å². The largest absolute Gasteiger partial charge is 0.494 e. The summed E-state index contributed by atoms with van der Waals surface area (Å²) in [5.41, 5.74) is 1.47. The summed E-state index contributed by atoms with van der Waals surface area (Å²) in [6.45, 7) is 0.531. The van der Waals surface area contributed by atoms with Gasteiger partial charge in [-0.25, -0.2) is 4.79 Å². The Balaban J connectivity index is 1.99. The Hall–Kier alpha value is -2.25. The lowest BCUT2D eigenvalue weighted by atomic mass is 10.0. The molecule has 0 atom stereocenters. The van der Waals surface area contributed by atoms with E-state index in [4.69, 9.17) is 27.9 Å². The van der Waals surface area contributed by atoms with Crippen LogP contribution in [-0.4, -0.2) is 45.3 Å². The van der Waals surface area contributed by atoms with Gasteiger partial charge in [0.2, 0.25) is 0 Å². The van der Waals surface area contributed by atoms with Crippen LogP contribution < -0.4 is 4.74 Å². The molecule has 25 heavy (non-hydrogen) atoms. The number of amides is 1. The lowest BCUT2D eigenvalue weighted by Crippen LogP contribution is -2.36. The molecule has 2 heterocycles. The molecule has 1 aliphatic rings. The normalized spacial score (nSPS) is 13.5. The van der Waals surface area contributed by atoms with Crippen molar-refractivity contribution in [1.82, 2.24) is 14.7 Å². The van der Waals surface area contributed by atoms with Gasteiger partial charge < -0.3 is 14.7 Å². The minimum Gasteiger partial charge on any atom is -0.494 e. The number of carboxylic acid groups (broad SMARTS) is 1. The molecule has 0 unspecified atom stereocenters. The zero-order chi connectivity index (χ0) is 18.3. The molecule has 0 saturated heterocycles. The van der Waals surface area contributed by atoms with Crippen molar-refractivity contribution in [3.63, 3.8) is 0 Å². The predicted octanol–water partition coefficient (Wildman–Crippen LogP) is 2.63. The molecule has 2 aromatic rings. The maximum Gasteiger partial charge on any atom is 0.354 e. The molecular weight excluding hydrogens is 369 g/mol. The maximum absolute atomic E-state index is 13.0. The van der Waals surface area contributed by atoms with E-state index in [0.717, 1.165) is 0 Å². The molecule has 7 nitrogen and oxygen atoms in total. The summed E-state index contributed by atoms with van der Waals surface area (Å²) in [6, 6.07) is 3.08. The molecule has 1 amide bonds. The van der Waals surface area contributed by atoms with E-state index in [-0.39, 0.29) is 39.5 Å². The molecule has 1 aliphatic heterocycles. The lowest BCUT2D eigenvalue weighted by Gasteiger charge is -2.27. The van der Waals surface area contributed by atoms with E-state index in [1.54, 1.807) is 13.1 Å². The Bertz CT molecular complexity index is 879. The Labute approximate surface area is 153 Å². The van der Waals surface area contributed by atoms with Gasteiger partial charge >= 0.3 is 5.97 Å². The number of benzene rings is 1. The fourth-order valence-corrected chi connectivity index (χ4v) is 3.50. The minimum atomic E-state index is -1.08. The highest BCUT2D eigenvalue weighted by Crippen LogP contribution is 2.35. The summed E-state index contributed by atoms with van der Waals surface area (Å²) in [4.78, 5) is 26.0. The highest BCUT2D eigenvalue weighted by molar-refractivity contribution is 6.37. The number of carbonyl (C=O) groups excluding carboxylic acids is 1. The Kier molecular flexibility index (Phi) is 4.62. The molecular formula is C16H15Cl2N3O4. The fraction of sp³-hybridized carbons (Fsp3) is 0.312. The predicted molar refractivity (Wildman–Crippen MR) is 91.6 cm³/mol. The summed E-state index contributed by atoms with van der Waals surface area (Å²) < 4.78 is 6.56. The maximum atomic E-state index is 13.0. The van der Waals surface area contributed by atoms with Crippen LogP contribution in [0.3, 0.4) is 0 Å². The lowest BCUT2D eigenvalue weighted by molar-refractivity contribution is 0.0669. The van der Waals surface area contributed by atoms with Gasteiger partial charge in [-0.2, -0.15) is 5.10 Å². The number of hydrogen-bond donors (Lipinski definition) is 1. The number of nitrogens with zero attached hydrogens (tertiary/aromatic N) is 3. The van der Waals surface area contributed by atoms with Crippen LogP contribution in [0.1, 0.15) is 32.1 Å². The van der Waals surface area contributed by atoms with Crippen LogP contribution in [0.5, 0.6) is 5.75 Å². The monoisotopic (exact) mass is 383 g/mol. The van der Waals surface area contributed by atoms with Crippen LogP contribution in [0.4, 0.5) is 0 Å². The number of rotatable bonds is 3. The first-order chi connectivity index (χ1) is 11.8. The number of aromatic carboxylic acids is 1. The van der Waals surface area contributed by atoms with Crippen LogP contribution in [0.15, 0.2) is 12.1 Å². The number of halogens is 2. The van der Waals surface area contributed by atoms with Crippen molar-refractivity contribution in [2.75, 3.05) is 13.7 Å². The number of carbonyl (C=O) groups is 2. The summed E-state index contributed by atoms with van der Waals surface area (Å²) >= 11 is 12.3. The molecule has 0 aliphatic carbocycles. The number of aryl methyl sites for hydroxylation is 1. The highest BCUT2D eigenvalue weighted by Gasteiger charge is 2.32. The van der Waals surface area contributed by atoms with E-state index in [9.17, 15) is 14.7 Å². The number of ether oxygens (including phenoxy) is 1. The number of carboxylic acids is 1. The molecule has 0 saturated carbocycles. The van der Waals surface area contributed by atoms with Gasteiger partial charge in [-0.05, 0) is 12.1 Å². The fourth-order valence-electron chi connectivity index (χ4n) is 3.03. The molecule has 0 fully saturated rings. The van der Waals surface area contributed by atoms with Gasteiger partial charge in [0, 0.05) is 25.6 Å². The highest BCUT2D eigenvalue weighted by atomic mass is 35.5. The number of methoxy groups -OCH3 is 1. The van der Waals surface area contributed by atoms with Crippen molar-refractivity contribution in [2.24, 2.45) is 7.05 Å². The third-order valence-electron chi connectivity index (χ3n) is 4.16. The first-order valence-electron chi connectivity index (χ1n) is 7.44. The summed E-state index contributed by atoms with van der Waals surface area (Å²) in [6.07, 6.45) is 0.461. The first-order valence-corrected chi connectivity index (χ1v) is 8.20. The average Bonchev–Trinajstić information content (AvgIpc) is 2.90. The molecule has 0 radical (unpaired) electrons. The zero-order valence-electron chi connectivity index (χ0n) is 13.5. The van der Waals surface area contributed by atoms with Crippen LogP contribution in [0, 0.1) is 0 Å². The SMILES string of the molecule is COc1c(Cl)ccc(Cl)c1C(=O)N1CCc2nn(C)c(C(=O)O)c2C1. The Morgan fingerprint density at radius 3 is 2.60 bits per heavy atom. The summed E-state index contributed by atoms with van der Waals surface area (Å²) in [5, 5.41) is 14.1. The molecule has 0 spiro atoms. The van der Waals surface area contributed by atoms with Crippen LogP contribution in [0.2, 0.25) is 10.0 Å². The van der Waals surface area contributed by atoms with Crippen molar-refractivity contribution in [1.29, 1.82) is 0 Å². The van der Waals surface area contributed by atoms with Crippen LogP contribution >= 0.6 is 23.2 Å². The van der Waals surface area contributed by atoms with E-state index in [0.29, 0.717) is 24.2 Å². The molecule has 1 N–H and O–H groups in total. The second kappa shape index (κ2) is 6.57.